The maximum absolute atomic E-state index is 9.44. The number of fused-ring (bicyclic) bond motifs is 3. The van der Waals surface area contributed by atoms with Gasteiger partial charge in [0.2, 0.25) is 0 Å². The van der Waals surface area contributed by atoms with Crippen LogP contribution in [0.15, 0.2) is 97.3 Å². The van der Waals surface area contributed by atoms with Gasteiger partial charge in [-0.2, -0.15) is 4.98 Å². The maximum atomic E-state index is 9.44. The van der Waals surface area contributed by atoms with E-state index in [1.165, 1.54) is 29.9 Å². The summed E-state index contributed by atoms with van der Waals surface area (Å²) in [5.41, 5.74) is 5.83. The summed E-state index contributed by atoms with van der Waals surface area (Å²) in [5, 5.41) is 0. The lowest BCUT2D eigenvalue weighted by molar-refractivity contribution is -1.00. The Morgan fingerprint density at radius 3 is 1.95 bits per heavy atom. The fourth-order valence-corrected chi connectivity index (χ4v) is 5.21. The fourth-order valence-electron chi connectivity index (χ4n) is 5.21. The summed E-state index contributed by atoms with van der Waals surface area (Å²) in [6.07, 6.45) is 3.93. The van der Waals surface area contributed by atoms with E-state index >= 15 is 0 Å². The van der Waals surface area contributed by atoms with Crippen LogP contribution in [0.3, 0.4) is 0 Å². The molecule has 2 aromatic carbocycles. The smallest absolute Gasteiger partial charge is 0.251 e. The summed E-state index contributed by atoms with van der Waals surface area (Å²) in [6.45, 7) is 7.38. The van der Waals surface area contributed by atoms with E-state index in [1.807, 2.05) is 12.3 Å². The lowest BCUT2D eigenvalue weighted by Gasteiger charge is -2.34. The molecule has 0 saturated carbocycles. The number of piperazine rings is 1. The highest BCUT2D eigenvalue weighted by Gasteiger charge is 2.33. The van der Waals surface area contributed by atoms with Crippen LogP contribution < -0.4 is 34.6 Å². The molecular formula is C30H33Cl2N5O. The quantitative estimate of drug-likeness (QED) is 0.247. The summed E-state index contributed by atoms with van der Waals surface area (Å²) in [7, 11) is 0. The molecule has 198 valence electrons. The molecule has 2 N–H and O–H groups in total. The number of hydrogen-bond donors (Lipinski definition) is 2. The van der Waals surface area contributed by atoms with Gasteiger partial charge in [0, 0.05) is 23.5 Å². The number of pyridine rings is 1. The van der Waals surface area contributed by atoms with Crippen LogP contribution in [0.2, 0.25) is 0 Å². The van der Waals surface area contributed by atoms with E-state index in [4.69, 9.17) is 4.98 Å². The van der Waals surface area contributed by atoms with Crippen LogP contribution in [0.1, 0.15) is 31.0 Å². The average Bonchev–Trinajstić information content (AvgIpc) is 3.40. The second kappa shape index (κ2) is 13.5. The van der Waals surface area contributed by atoms with Crippen molar-refractivity contribution in [2.45, 2.75) is 19.9 Å². The van der Waals surface area contributed by atoms with Crippen LogP contribution >= 0.6 is 0 Å². The highest BCUT2D eigenvalue weighted by molar-refractivity contribution is 5.79. The molecule has 8 heteroatoms. The molecule has 0 unspecified atom stereocenters. The highest BCUT2D eigenvalue weighted by Crippen LogP contribution is 2.20. The maximum Gasteiger partial charge on any atom is 0.251 e. The third-order valence-electron chi connectivity index (χ3n) is 6.72. The van der Waals surface area contributed by atoms with E-state index in [2.05, 4.69) is 94.4 Å². The van der Waals surface area contributed by atoms with Crippen molar-refractivity contribution in [3.8, 4) is 0 Å². The van der Waals surface area contributed by atoms with E-state index < -0.39 is 0 Å². The number of aromatic nitrogens is 3. The third kappa shape index (κ3) is 6.40. The van der Waals surface area contributed by atoms with Crippen LogP contribution in [0.4, 0.5) is 5.82 Å². The van der Waals surface area contributed by atoms with Gasteiger partial charge in [-0.25, -0.2) is 4.98 Å². The first-order chi connectivity index (χ1) is 17.6. The molecule has 0 radical (unpaired) electrons. The van der Waals surface area contributed by atoms with Crippen molar-refractivity contribution in [1.29, 1.82) is 0 Å². The van der Waals surface area contributed by atoms with Crippen molar-refractivity contribution in [2.24, 2.45) is 0 Å². The standard InChI is InChI=1S/C27H25N5.C3H6O.2ClH/c1-3-9-21(10-4-1)25(22-11-5-2-6-12-22)30-17-19-31(20-18-30)27-24-14-8-16-32(24)26-23(29-27)13-7-15-28-26;1-3(2)4;;/h1-16,25H,17-20H2;1-2H3;2*1H. The predicted octanol–water partition coefficient (Wildman–Crippen LogP) is -3.31. The van der Waals surface area contributed by atoms with Crippen molar-refractivity contribution in [2.75, 3.05) is 26.2 Å². The largest absolute Gasteiger partial charge is 1.00 e. The van der Waals surface area contributed by atoms with Gasteiger partial charge in [-0.15, -0.1) is 0 Å². The van der Waals surface area contributed by atoms with Crippen LogP contribution in [0.5, 0.6) is 0 Å². The summed E-state index contributed by atoms with van der Waals surface area (Å²) < 4.78 is 2.18. The minimum Gasteiger partial charge on any atom is -1.00 e. The average molecular weight is 551 g/mol. The lowest BCUT2D eigenvalue weighted by atomic mass is 9.96. The molecule has 0 spiro atoms. The number of rotatable bonds is 4. The molecule has 1 aliphatic rings. The molecule has 0 amide bonds. The number of nitrogens with zero attached hydrogens (tertiary/aromatic N) is 3. The Bertz CT molecular complexity index is 1410. The number of Topliss-reactive ketones (excluding diaryl/α,β-unsaturated/α-hetero) is 1. The lowest BCUT2D eigenvalue weighted by Crippen LogP contribution is -3.26. The van der Waals surface area contributed by atoms with Gasteiger partial charge in [0.1, 0.15) is 49.0 Å². The molecule has 1 fully saturated rings. The number of halogens is 2. The van der Waals surface area contributed by atoms with Gasteiger partial charge >= 0.3 is 0 Å². The van der Waals surface area contributed by atoms with Crippen molar-refractivity contribution in [1.82, 2.24) is 14.4 Å². The van der Waals surface area contributed by atoms with Gasteiger partial charge in [0.25, 0.3) is 5.82 Å². The Kier molecular flexibility index (Phi) is 10.4. The number of hydrogen-bond acceptors (Lipinski definition) is 3. The molecule has 0 aliphatic carbocycles. The van der Waals surface area contributed by atoms with Gasteiger partial charge in [0.15, 0.2) is 5.65 Å². The molecule has 5 aromatic rings. The molecule has 3 aromatic heterocycles. The molecule has 0 bridgehead atoms. The zero-order valence-electron chi connectivity index (χ0n) is 21.6. The van der Waals surface area contributed by atoms with Crippen molar-refractivity contribution >= 4 is 28.3 Å². The van der Waals surface area contributed by atoms with Gasteiger partial charge in [0.05, 0.1) is 0 Å². The Morgan fingerprint density at radius 1 is 0.789 bits per heavy atom. The first-order valence-electron chi connectivity index (χ1n) is 12.6. The number of carbonyl (C=O) groups is 1. The molecule has 38 heavy (non-hydrogen) atoms. The molecular weight excluding hydrogens is 517 g/mol. The van der Waals surface area contributed by atoms with E-state index in [9.17, 15) is 4.79 Å². The number of benzene rings is 2. The normalized spacial score (nSPS) is 16.7. The van der Waals surface area contributed by atoms with Crippen LogP contribution in [-0.2, 0) is 4.79 Å². The molecule has 6 nitrogen and oxygen atoms in total. The first-order valence-corrected chi connectivity index (χ1v) is 12.6. The van der Waals surface area contributed by atoms with Gasteiger partial charge < -0.3 is 34.5 Å². The monoisotopic (exact) mass is 549 g/mol. The van der Waals surface area contributed by atoms with Crippen molar-refractivity contribution < 1.29 is 39.4 Å². The number of ketones is 1. The second-order valence-electron chi connectivity index (χ2n) is 9.49. The summed E-state index contributed by atoms with van der Waals surface area (Å²) in [5.74, 6) is 1.31. The van der Waals surface area contributed by atoms with Crippen molar-refractivity contribution in [3.63, 3.8) is 0 Å². The van der Waals surface area contributed by atoms with Gasteiger partial charge in [-0.05, 0) is 38.1 Å². The third-order valence-corrected chi connectivity index (χ3v) is 6.72. The Labute approximate surface area is 236 Å². The topological polar surface area (TPSA) is 56.1 Å². The summed E-state index contributed by atoms with van der Waals surface area (Å²) in [4.78, 5) is 22.1. The van der Waals surface area contributed by atoms with E-state index in [1.54, 1.807) is 4.90 Å². The zero-order chi connectivity index (χ0) is 24.9. The van der Waals surface area contributed by atoms with Gasteiger partial charge in [-0.3, -0.25) is 9.30 Å². The number of quaternary nitrogens is 2. The molecule has 1 saturated heterocycles. The fraction of sp³-hybridized carbons (Fsp3) is 0.233. The van der Waals surface area contributed by atoms with Crippen molar-refractivity contribution in [3.05, 3.63) is 108 Å². The Hall–Kier alpha value is -3.29. The summed E-state index contributed by atoms with van der Waals surface area (Å²) >= 11 is 0. The number of nitrogens with one attached hydrogen (secondary N) is 2. The Balaban J connectivity index is 0.000000625. The molecule has 0 atom stereocenters. The minimum absolute atomic E-state index is 0. The summed E-state index contributed by atoms with van der Waals surface area (Å²) in [6, 6.07) is 30.6. The van der Waals surface area contributed by atoms with Crippen LogP contribution in [0.25, 0.3) is 16.7 Å². The van der Waals surface area contributed by atoms with Gasteiger partial charge in [-0.1, -0.05) is 60.7 Å². The zero-order valence-corrected chi connectivity index (χ0v) is 23.2. The SMILES string of the molecule is CC(C)=O.[Cl-].[Cl-].c1ccc(C(c2ccccc2)[NH+]2CC[NH+](c3nc4cccnc4n4cccc34)CC2)cc1. The van der Waals surface area contributed by atoms with Crippen LogP contribution in [-0.4, -0.2) is 46.3 Å². The molecule has 6 rings (SSSR count). The molecule has 1 aliphatic heterocycles. The second-order valence-corrected chi connectivity index (χ2v) is 9.49. The molecule has 4 heterocycles. The van der Waals surface area contributed by atoms with E-state index in [0.29, 0.717) is 6.04 Å². The Morgan fingerprint density at radius 2 is 1.37 bits per heavy atom. The first kappa shape index (κ1) is 29.3. The van der Waals surface area contributed by atoms with E-state index in [0.717, 1.165) is 48.7 Å². The highest BCUT2D eigenvalue weighted by atomic mass is 35.5. The minimum atomic E-state index is 0. The van der Waals surface area contributed by atoms with E-state index in [-0.39, 0.29) is 30.6 Å². The number of carbonyl (C=O) groups excluding carboxylic acids is 1. The van der Waals surface area contributed by atoms with Crippen LogP contribution in [0, 0.1) is 0 Å². The predicted molar refractivity (Wildman–Crippen MR) is 143 cm³/mol.